The molecule has 0 aromatic carbocycles. The van der Waals surface area contributed by atoms with Gasteiger partial charge in [-0.25, -0.2) is 18.2 Å². The second-order valence-electron chi connectivity index (χ2n) is 3.72. The van der Waals surface area contributed by atoms with Crippen molar-refractivity contribution in [2.45, 2.75) is 26.7 Å². The van der Waals surface area contributed by atoms with Gasteiger partial charge in [0.15, 0.2) is 0 Å². The number of nitrogens with zero attached hydrogens (tertiary/aromatic N) is 3. The summed E-state index contributed by atoms with van der Waals surface area (Å²) < 4.78 is 7.36. The molecule has 7 nitrogen and oxygen atoms in total. The van der Waals surface area contributed by atoms with Crippen molar-refractivity contribution in [3.05, 3.63) is 0 Å². The Morgan fingerprint density at radius 2 is 1.80 bits per heavy atom. The molecule has 0 aliphatic heterocycles. The van der Waals surface area contributed by atoms with E-state index in [-0.39, 0.29) is 0 Å². The van der Waals surface area contributed by atoms with Gasteiger partial charge in [0.1, 0.15) is 5.04 Å². The first kappa shape index (κ1) is 18.9. The molecule has 0 saturated carbocycles. The number of unbranched alkanes of at least 4 members (excludes halogenated alkanes) is 1. The second kappa shape index (κ2) is 10.7. The number of carbonyl (C=O) groups excluding carboxylic acids is 2. The van der Waals surface area contributed by atoms with Crippen LogP contribution in [-0.2, 0) is 9.57 Å². The van der Waals surface area contributed by atoms with E-state index < -0.39 is 12.2 Å². The zero-order valence-corrected chi connectivity index (χ0v) is 14.0. The number of hydrogen-bond acceptors (Lipinski definition) is 7. The Hall–Kier alpha value is -1.09. The lowest BCUT2D eigenvalue weighted by Crippen LogP contribution is -2.29. The summed E-state index contributed by atoms with van der Waals surface area (Å²) >= 11 is 2.25. The Labute approximate surface area is 128 Å². The van der Waals surface area contributed by atoms with Crippen molar-refractivity contribution < 1.29 is 19.2 Å². The first-order valence-electron chi connectivity index (χ1n) is 6.04. The molecule has 0 aromatic heterocycles. The van der Waals surface area contributed by atoms with Crippen LogP contribution in [-0.4, -0.2) is 52.8 Å². The number of rotatable bonds is 6. The lowest BCUT2D eigenvalue weighted by molar-refractivity contribution is 0.127. The van der Waals surface area contributed by atoms with Gasteiger partial charge in [0.25, 0.3) is 0 Å². The highest BCUT2D eigenvalue weighted by molar-refractivity contribution is 8.13. The molecule has 0 saturated heterocycles. The zero-order chi connectivity index (χ0) is 15.5. The van der Waals surface area contributed by atoms with E-state index >= 15 is 0 Å². The summed E-state index contributed by atoms with van der Waals surface area (Å²) in [5, 5.41) is 4.25. The maximum atomic E-state index is 11.6. The lowest BCUT2D eigenvalue weighted by Gasteiger charge is -2.20. The first-order chi connectivity index (χ1) is 9.42. The fourth-order valence-electron chi connectivity index (χ4n) is 0.843. The van der Waals surface area contributed by atoms with E-state index in [9.17, 15) is 9.59 Å². The van der Waals surface area contributed by atoms with Gasteiger partial charge in [-0.2, -0.15) is 0 Å². The van der Waals surface area contributed by atoms with Crippen molar-refractivity contribution in [1.82, 2.24) is 8.61 Å². The topological polar surface area (TPSA) is 71.4 Å². The predicted molar refractivity (Wildman–Crippen MR) is 82.5 cm³/mol. The summed E-state index contributed by atoms with van der Waals surface area (Å²) in [6, 6.07) is 0. The van der Waals surface area contributed by atoms with Crippen molar-refractivity contribution in [2.75, 3.05) is 27.0 Å². The van der Waals surface area contributed by atoms with Gasteiger partial charge >= 0.3 is 12.2 Å². The molecule has 0 radical (unpaired) electrons. The normalized spacial score (nSPS) is 10.9. The third-order valence-electron chi connectivity index (χ3n) is 2.03. The molecule has 0 heterocycles. The first-order valence-corrected chi connectivity index (χ1v) is 7.99. The van der Waals surface area contributed by atoms with Crippen LogP contribution in [0.2, 0.25) is 0 Å². The minimum Gasteiger partial charge on any atom is -0.449 e. The smallest absolute Gasteiger partial charge is 0.447 e. The maximum absolute atomic E-state index is 11.6. The van der Waals surface area contributed by atoms with Crippen LogP contribution < -0.4 is 0 Å². The molecule has 0 bridgehead atoms. The van der Waals surface area contributed by atoms with E-state index in [1.165, 1.54) is 30.2 Å². The van der Waals surface area contributed by atoms with Gasteiger partial charge in [-0.15, -0.1) is 11.8 Å². The van der Waals surface area contributed by atoms with Gasteiger partial charge in [0, 0.05) is 14.1 Å². The highest BCUT2D eigenvalue weighted by Gasteiger charge is 2.18. The Morgan fingerprint density at radius 1 is 1.20 bits per heavy atom. The third-order valence-corrected chi connectivity index (χ3v) is 3.48. The van der Waals surface area contributed by atoms with Gasteiger partial charge in [-0.3, -0.25) is 4.84 Å². The summed E-state index contributed by atoms with van der Waals surface area (Å²) in [4.78, 5) is 27.8. The van der Waals surface area contributed by atoms with Gasteiger partial charge in [-0.05, 0) is 19.6 Å². The van der Waals surface area contributed by atoms with Gasteiger partial charge < -0.3 is 4.74 Å². The molecule has 0 atom stereocenters. The molecule has 0 N–H and O–H groups in total. The van der Waals surface area contributed by atoms with E-state index in [0.717, 1.165) is 29.3 Å². The maximum Gasteiger partial charge on any atom is 0.447 e. The van der Waals surface area contributed by atoms with Crippen molar-refractivity contribution >= 4 is 41.1 Å². The Balaban J connectivity index is 4.13. The van der Waals surface area contributed by atoms with Crippen LogP contribution in [0.3, 0.4) is 0 Å². The van der Waals surface area contributed by atoms with Crippen LogP contribution >= 0.6 is 23.9 Å². The summed E-state index contributed by atoms with van der Waals surface area (Å²) in [7, 11) is 2.99. The van der Waals surface area contributed by atoms with Crippen molar-refractivity contribution in [2.24, 2.45) is 5.16 Å². The molecule has 0 aliphatic carbocycles. The minimum absolute atomic E-state index is 0.367. The number of oxime groups is 1. The third kappa shape index (κ3) is 8.16. The molecule has 0 rings (SSSR count). The summed E-state index contributed by atoms with van der Waals surface area (Å²) in [5.41, 5.74) is 0. The Kier molecular flexibility index (Phi) is 10.1. The molecule has 116 valence electrons. The molecule has 2 amide bonds. The number of amides is 2. The van der Waals surface area contributed by atoms with E-state index in [2.05, 4.69) is 5.16 Å². The van der Waals surface area contributed by atoms with Crippen LogP contribution in [0, 0.1) is 0 Å². The standard InChI is InChI=1S/C11H21N3O4S2/c1-6-7-8-17-10(15)13(3)20-14(4)11(16)18-12-9(2)19-5/h6-8H2,1-5H3. The largest absolute Gasteiger partial charge is 0.449 e. The van der Waals surface area contributed by atoms with Gasteiger partial charge in [0.2, 0.25) is 0 Å². The number of carbonyl (C=O) groups is 2. The SMILES string of the molecule is CCCCOC(=O)N(C)SN(C)C(=O)ON=C(C)SC. The fourth-order valence-corrected chi connectivity index (χ4v) is 1.54. The molecule has 0 aliphatic rings. The molecule has 0 fully saturated rings. The average Bonchev–Trinajstić information content (AvgIpc) is 2.43. The van der Waals surface area contributed by atoms with Crippen LogP contribution in [0.15, 0.2) is 5.16 Å². The van der Waals surface area contributed by atoms with E-state index in [1.807, 2.05) is 13.2 Å². The molecule has 0 spiro atoms. The number of thioether (sulfide) groups is 1. The molecule has 0 aromatic rings. The summed E-state index contributed by atoms with van der Waals surface area (Å²) in [6.45, 7) is 4.10. The van der Waals surface area contributed by atoms with Gasteiger partial charge in [-0.1, -0.05) is 18.5 Å². The van der Waals surface area contributed by atoms with E-state index in [1.54, 1.807) is 6.92 Å². The van der Waals surface area contributed by atoms with E-state index in [4.69, 9.17) is 9.57 Å². The van der Waals surface area contributed by atoms with Gasteiger partial charge in [0.05, 0.1) is 18.7 Å². The average molecular weight is 323 g/mol. The molecule has 20 heavy (non-hydrogen) atoms. The molecule has 9 heteroatoms. The Morgan fingerprint density at radius 3 is 2.35 bits per heavy atom. The lowest BCUT2D eigenvalue weighted by atomic mass is 10.4. The fraction of sp³-hybridized carbons (Fsp3) is 0.727. The highest BCUT2D eigenvalue weighted by atomic mass is 32.2. The highest BCUT2D eigenvalue weighted by Crippen LogP contribution is 2.15. The quantitative estimate of drug-likeness (QED) is 0.187. The van der Waals surface area contributed by atoms with Crippen LogP contribution in [0.25, 0.3) is 0 Å². The summed E-state index contributed by atoms with van der Waals surface area (Å²) in [6.07, 6.45) is 2.41. The zero-order valence-electron chi connectivity index (χ0n) is 12.4. The van der Waals surface area contributed by atoms with Crippen molar-refractivity contribution in [3.8, 4) is 0 Å². The van der Waals surface area contributed by atoms with Crippen molar-refractivity contribution in [3.63, 3.8) is 0 Å². The van der Waals surface area contributed by atoms with Crippen LogP contribution in [0.4, 0.5) is 9.59 Å². The van der Waals surface area contributed by atoms with Crippen LogP contribution in [0.5, 0.6) is 0 Å². The van der Waals surface area contributed by atoms with Crippen molar-refractivity contribution in [1.29, 1.82) is 0 Å². The summed E-state index contributed by atoms with van der Waals surface area (Å²) in [5.74, 6) is 0. The second-order valence-corrected chi connectivity index (χ2v) is 5.97. The Bertz CT molecular complexity index is 353. The van der Waals surface area contributed by atoms with E-state index in [0.29, 0.717) is 11.7 Å². The molecule has 0 unspecified atom stereocenters. The predicted octanol–water partition coefficient (Wildman–Crippen LogP) is 3.18. The number of hydrogen-bond donors (Lipinski definition) is 0. The number of ether oxygens (including phenoxy) is 1. The van der Waals surface area contributed by atoms with Crippen LogP contribution in [0.1, 0.15) is 26.7 Å². The minimum atomic E-state index is -0.670. The molecular weight excluding hydrogens is 302 g/mol. The molecular formula is C11H21N3O4S2. The monoisotopic (exact) mass is 323 g/mol.